The molecule has 0 unspecified atom stereocenters. The number of nitrogens with one attached hydrogen (secondary N) is 1. The second-order valence-corrected chi connectivity index (χ2v) is 7.24. The van der Waals surface area contributed by atoms with Crippen LogP contribution >= 0.6 is 11.3 Å². The Kier molecular flexibility index (Phi) is 3.23. The lowest BCUT2D eigenvalue weighted by atomic mass is 9.59. The van der Waals surface area contributed by atoms with Crippen LogP contribution < -0.4 is 5.32 Å². The van der Waals surface area contributed by atoms with Crippen molar-refractivity contribution in [2.75, 3.05) is 7.05 Å². The van der Waals surface area contributed by atoms with Crippen molar-refractivity contribution in [2.24, 2.45) is 11.8 Å². The van der Waals surface area contributed by atoms with Crippen LogP contribution in [0, 0.1) is 25.7 Å². The van der Waals surface area contributed by atoms with Gasteiger partial charge in [-0.05, 0) is 58.4 Å². The minimum absolute atomic E-state index is 0.195. The van der Waals surface area contributed by atoms with Crippen LogP contribution in [0.5, 0.6) is 0 Å². The molecular formula is C15H24N2S. The number of rotatable bonds is 4. The molecule has 1 heterocycles. The van der Waals surface area contributed by atoms with Gasteiger partial charge in [0.15, 0.2) is 0 Å². The Morgan fingerprint density at radius 3 is 1.94 bits per heavy atom. The zero-order valence-electron chi connectivity index (χ0n) is 11.8. The van der Waals surface area contributed by atoms with E-state index in [4.69, 9.17) is 4.98 Å². The highest BCUT2D eigenvalue weighted by Crippen LogP contribution is 2.53. The van der Waals surface area contributed by atoms with Gasteiger partial charge in [0.25, 0.3) is 0 Å². The predicted molar refractivity (Wildman–Crippen MR) is 77.0 cm³/mol. The topological polar surface area (TPSA) is 24.9 Å². The molecule has 3 heteroatoms. The monoisotopic (exact) mass is 264 g/mol. The smallest absolute Gasteiger partial charge is 0.114 e. The van der Waals surface area contributed by atoms with Crippen LogP contribution in [0.4, 0.5) is 0 Å². The fourth-order valence-corrected chi connectivity index (χ4v) is 4.84. The zero-order valence-corrected chi connectivity index (χ0v) is 12.6. The van der Waals surface area contributed by atoms with Gasteiger partial charge in [-0.2, -0.15) is 0 Å². The van der Waals surface area contributed by atoms with E-state index in [1.807, 2.05) is 11.3 Å². The predicted octanol–water partition coefficient (Wildman–Crippen LogP) is 3.77. The Morgan fingerprint density at radius 2 is 1.67 bits per heavy atom. The summed E-state index contributed by atoms with van der Waals surface area (Å²) in [6.07, 6.45) is 8.35. The molecule has 1 aromatic rings. The molecule has 2 fully saturated rings. The molecule has 1 N–H and O–H groups in total. The van der Waals surface area contributed by atoms with Gasteiger partial charge in [-0.1, -0.05) is 12.8 Å². The second-order valence-electron chi connectivity index (χ2n) is 6.04. The molecule has 0 radical (unpaired) electrons. The Balaban J connectivity index is 2.01. The molecule has 0 spiro atoms. The van der Waals surface area contributed by atoms with Crippen LogP contribution in [-0.2, 0) is 5.54 Å². The van der Waals surface area contributed by atoms with E-state index in [2.05, 4.69) is 26.2 Å². The van der Waals surface area contributed by atoms with E-state index in [0.29, 0.717) is 0 Å². The summed E-state index contributed by atoms with van der Waals surface area (Å²) < 4.78 is 0. The molecule has 18 heavy (non-hydrogen) atoms. The molecule has 2 saturated carbocycles. The van der Waals surface area contributed by atoms with Crippen LogP contribution in [-0.4, -0.2) is 12.0 Å². The number of hydrogen-bond donors (Lipinski definition) is 1. The summed E-state index contributed by atoms with van der Waals surface area (Å²) in [6, 6.07) is 0. The highest BCUT2D eigenvalue weighted by atomic mass is 32.1. The lowest BCUT2D eigenvalue weighted by Gasteiger charge is -2.52. The van der Waals surface area contributed by atoms with Crippen molar-refractivity contribution in [2.45, 2.75) is 57.9 Å². The van der Waals surface area contributed by atoms with Crippen LogP contribution in [0.1, 0.15) is 54.1 Å². The number of aromatic nitrogens is 1. The second kappa shape index (κ2) is 4.61. The highest BCUT2D eigenvalue weighted by Gasteiger charge is 2.51. The maximum atomic E-state index is 4.92. The van der Waals surface area contributed by atoms with Crippen molar-refractivity contribution in [1.29, 1.82) is 0 Å². The third-order valence-corrected chi connectivity index (χ3v) is 6.52. The number of aryl methyl sites for hydroxylation is 2. The van der Waals surface area contributed by atoms with Gasteiger partial charge < -0.3 is 5.32 Å². The Hall–Kier alpha value is -0.410. The van der Waals surface area contributed by atoms with E-state index in [0.717, 1.165) is 11.8 Å². The van der Waals surface area contributed by atoms with Gasteiger partial charge in [-0.15, -0.1) is 11.3 Å². The first-order chi connectivity index (χ1) is 8.68. The Bertz CT molecular complexity index is 396. The molecule has 100 valence electrons. The van der Waals surface area contributed by atoms with Crippen LogP contribution in [0.3, 0.4) is 0 Å². The fourth-order valence-electron chi connectivity index (χ4n) is 3.57. The summed E-state index contributed by atoms with van der Waals surface area (Å²) in [5.74, 6) is 1.63. The molecule has 0 saturated heterocycles. The first-order valence-corrected chi connectivity index (χ1v) is 8.13. The van der Waals surface area contributed by atoms with Crippen molar-refractivity contribution in [3.05, 3.63) is 15.6 Å². The van der Waals surface area contributed by atoms with E-state index < -0.39 is 0 Å². The number of hydrogen-bond acceptors (Lipinski definition) is 3. The largest absolute Gasteiger partial charge is 0.308 e. The van der Waals surface area contributed by atoms with Gasteiger partial charge in [0.05, 0.1) is 11.2 Å². The first kappa shape index (κ1) is 12.6. The van der Waals surface area contributed by atoms with Crippen molar-refractivity contribution < 1.29 is 0 Å². The van der Waals surface area contributed by atoms with E-state index in [-0.39, 0.29) is 5.54 Å². The van der Waals surface area contributed by atoms with Gasteiger partial charge in [0.2, 0.25) is 0 Å². The maximum Gasteiger partial charge on any atom is 0.114 e. The molecule has 2 nitrogen and oxygen atoms in total. The van der Waals surface area contributed by atoms with Gasteiger partial charge >= 0.3 is 0 Å². The van der Waals surface area contributed by atoms with Crippen molar-refractivity contribution in [3.8, 4) is 0 Å². The average Bonchev–Trinajstić information content (AvgIpc) is 2.53. The third-order valence-electron chi connectivity index (χ3n) is 5.29. The maximum absolute atomic E-state index is 4.92. The van der Waals surface area contributed by atoms with Gasteiger partial charge in [-0.25, -0.2) is 4.98 Å². The van der Waals surface area contributed by atoms with E-state index in [1.165, 1.54) is 54.1 Å². The lowest BCUT2D eigenvalue weighted by Crippen LogP contribution is -2.56. The van der Waals surface area contributed by atoms with Gasteiger partial charge in [0, 0.05) is 4.88 Å². The van der Waals surface area contributed by atoms with E-state index >= 15 is 0 Å². The van der Waals surface area contributed by atoms with Crippen LogP contribution in [0.2, 0.25) is 0 Å². The normalized spacial score (nSPS) is 21.7. The van der Waals surface area contributed by atoms with Crippen LogP contribution in [0.25, 0.3) is 0 Å². The van der Waals surface area contributed by atoms with Crippen molar-refractivity contribution in [3.63, 3.8) is 0 Å². The lowest BCUT2D eigenvalue weighted by molar-refractivity contribution is 0.0288. The standard InChI is InChI=1S/C15H24N2S/c1-10-11(2)18-14(17-10)15(16-3,12-6-4-7-12)13-8-5-9-13/h12-13,16H,4-9H2,1-3H3. The van der Waals surface area contributed by atoms with Crippen molar-refractivity contribution >= 4 is 11.3 Å². The van der Waals surface area contributed by atoms with Gasteiger partial charge in [0.1, 0.15) is 5.01 Å². The van der Waals surface area contributed by atoms with E-state index in [1.54, 1.807) is 0 Å². The molecule has 2 aliphatic carbocycles. The molecule has 2 aliphatic rings. The number of thiazole rings is 1. The molecule has 1 aromatic heterocycles. The summed E-state index contributed by atoms with van der Waals surface area (Å²) in [4.78, 5) is 6.31. The highest BCUT2D eigenvalue weighted by molar-refractivity contribution is 7.11. The molecule has 0 bridgehead atoms. The molecule has 0 amide bonds. The summed E-state index contributed by atoms with van der Waals surface area (Å²) in [6.45, 7) is 4.36. The summed E-state index contributed by atoms with van der Waals surface area (Å²) >= 11 is 1.93. The fraction of sp³-hybridized carbons (Fsp3) is 0.800. The zero-order chi connectivity index (χ0) is 12.8. The summed E-state index contributed by atoms with van der Waals surface area (Å²) in [7, 11) is 2.16. The summed E-state index contributed by atoms with van der Waals surface area (Å²) in [5.41, 5.74) is 1.42. The summed E-state index contributed by atoms with van der Waals surface area (Å²) in [5, 5.41) is 5.09. The molecule has 3 rings (SSSR count). The molecule has 0 aromatic carbocycles. The van der Waals surface area contributed by atoms with Crippen LogP contribution in [0.15, 0.2) is 0 Å². The first-order valence-electron chi connectivity index (χ1n) is 7.32. The molecule has 0 atom stereocenters. The minimum atomic E-state index is 0.195. The third kappa shape index (κ3) is 1.67. The van der Waals surface area contributed by atoms with E-state index in [9.17, 15) is 0 Å². The molecule has 0 aliphatic heterocycles. The Labute approximate surface area is 114 Å². The number of nitrogens with zero attached hydrogens (tertiary/aromatic N) is 1. The van der Waals surface area contributed by atoms with Crippen molar-refractivity contribution in [1.82, 2.24) is 10.3 Å². The average molecular weight is 264 g/mol. The molecular weight excluding hydrogens is 240 g/mol. The Morgan fingerprint density at radius 1 is 1.11 bits per heavy atom. The SMILES string of the molecule is CNC(c1nc(C)c(C)s1)(C1CCC1)C1CCC1. The quantitative estimate of drug-likeness (QED) is 0.895. The minimum Gasteiger partial charge on any atom is -0.308 e. The van der Waals surface area contributed by atoms with Gasteiger partial charge in [-0.3, -0.25) is 0 Å².